The van der Waals surface area contributed by atoms with Crippen molar-refractivity contribution in [1.82, 2.24) is 9.97 Å². The number of amides is 1. The SMILES string of the molecule is C[C@H]1SC(N)=N[C@](C)(c2cc(NC(=O)c3cnc(F)cn3)ccc2F)C12CC(F)(F)C2. The smallest absolute Gasteiger partial charge is 0.275 e. The molecule has 2 atom stereocenters. The second-order valence-electron chi connectivity index (χ2n) is 8.02. The van der Waals surface area contributed by atoms with Crippen LogP contribution in [0.3, 0.4) is 0 Å². The molecule has 1 saturated carbocycles. The molecule has 1 aliphatic heterocycles. The fourth-order valence-electron chi connectivity index (χ4n) is 4.48. The van der Waals surface area contributed by atoms with E-state index in [-0.39, 0.29) is 27.4 Å². The van der Waals surface area contributed by atoms with Gasteiger partial charge in [-0.25, -0.2) is 23.1 Å². The molecule has 6 nitrogen and oxygen atoms in total. The topological polar surface area (TPSA) is 93.3 Å². The molecule has 1 amide bonds. The van der Waals surface area contributed by atoms with Gasteiger partial charge in [0.15, 0.2) is 5.17 Å². The normalized spacial score (nSPS) is 26.1. The van der Waals surface area contributed by atoms with Crippen LogP contribution in [0.4, 0.5) is 23.2 Å². The Kier molecular flexibility index (Phi) is 4.99. The van der Waals surface area contributed by atoms with Gasteiger partial charge in [-0.2, -0.15) is 4.39 Å². The van der Waals surface area contributed by atoms with Crippen LogP contribution in [0.25, 0.3) is 0 Å². The lowest BCUT2D eigenvalue weighted by atomic mass is 9.52. The Morgan fingerprint density at radius 1 is 1.23 bits per heavy atom. The number of halogens is 4. The van der Waals surface area contributed by atoms with E-state index in [1.165, 1.54) is 23.9 Å². The van der Waals surface area contributed by atoms with Crippen molar-refractivity contribution in [1.29, 1.82) is 0 Å². The van der Waals surface area contributed by atoms with Crippen molar-refractivity contribution < 1.29 is 22.4 Å². The van der Waals surface area contributed by atoms with Gasteiger partial charge in [-0.1, -0.05) is 18.7 Å². The minimum absolute atomic E-state index is 0.0566. The number of alkyl halides is 2. The molecule has 1 aromatic carbocycles. The Morgan fingerprint density at radius 2 is 1.94 bits per heavy atom. The van der Waals surface area contributed by atoms with E-state index in [1.54, 1.807) is 13.8 Å². The predicted molar refractivity (Wildman–Crippen MR) is 109 cm³/mol. The first-order chi connectivity index (χ1) is 14.5. The number of anilines is 1. The number of nitrogens with one attached hydrogen (secondary N) is 1. The Morgan fingerprint density at radius 3 is 2.55 bits per heavy atom. The Balaban J connectivity index is 1.72. The number of thioether (sulfide) groups is 1. The average molecular weight is 453 g/mol. The van der Waals surface area contributed by atoms with Crippen LogP contribution < -0.4 is 11.1 Å². The van der Waals surface area contributed by atoms with Gasteiger partial charge in [0.05, 0.1) is 17.9 Å². The molecule has 0 bridgehead atoms. The first-order valence-corrected chi connectivity index (χ1v) is 10.3. The monoisotopic (exact) mass is 453 g/mol. The molecule has 11 heteroatoms. The molecule has 1 spiro atoms. The molecule has 2 heterocycles. The number of benzene rings is 1. The summed E-state index contributed by atoms with van der Waals surface area (Å²) in [4.78, 5) is 23.8. The van der Waals surface area contributed by atoms with Crippen LogP contribution in [0.5, 0.6) is 0 Å². The number of hydrogen-bond donors (Lipinski definition) is 2. The van der Waals surface area contributed by atoms with Gasteiger partial charge in [-0.05, 0) is 25.1 Å². The Bertz CT molecular complexity index is 1070. The van der Waals surface area contributed by atoms with E-state index in [2.05, 4.69) is 20.3 Å². The maximum absolute atomic E-state index is 15.0. The molecule has 2 aromatic rings. The predicted octanol–water partition coefficient (Wildman–Crippen LogP) is 4.09. The summed E-state index contributed by atoms with van der Waals surface area (Å²) in [5.74, 6) is -5.03. The zero-order valence-electron chi connectivity index (χ0n) is 16.6. The van der Waals surface area contributed by atoms with Crippen molar-refractivity contribution in [3.05, 3.63) is 53.6 Å². The molecule has 0 unspecified atom stereocenters. The summed E-state index contributed by atoms with van der Waals surface area (Å²) in [7, 11) is 0. The maximum Gasteiger partial charge on any atom is 0.275 e. The standard InChI is InChI=1S/C20H19F4N5OS/c1-10-19(8-20(23,24)9-19)18(2,29-17(25)31-10)12-5-11(3-4-13(12)21)28-16(30)14-6-27-15(22)7-26-14/h3-7,10H,8-9H2,1-2H3,(H2,25,29)(H,28,30)/t10-,18-/m1/s1. The zero-order chi connectivity index (χ0) is 22.6. The number of amidine groups is 1. The Labute approximate surface area is 179 Å². The van der Waals surface area contributed by atoms with Gasteiger partial charge in [0, 0.05) is 34.8 Å². The largest absolute Gasteiger partial charge is 0.379 e. The number of carbonyl (C=O) groups excluding carboxylic acids is 1. The number of aromatic nitrogens is 2. The van der Waals surface area contributed by atoms with E-state index in [0.29, 0.717) is 0 Å². The summed E-state index contributed by atoms with van der Waals surface area (Å²) >= 11 is 1.20. The van der Waals surface area contributed by atoms with E-state index < -0.39 is 47.4 Å². The van der Waals surface area contributed by atoms with Gasteiger partial charge in [0.2, 0.25) is 11.9 Å². The molecule has 1 fully saturated rings. The number of nitrogens with two attached hydrogens (primary N) is 1. The summed E-state index contributed by atoms with van der Waals surface area (Å²) in [6.07, 6.45) is 0.878. The molecule has 3 N–H and O–H groups in total. The molecule has 31 heavy (non-hydrogen) atoms. The van der Waals surface area contributed by atoms with Crippen molar-refractivity contribution in [3.8, 4) is 0 Å². The number of aliphatic imine (C=N–C) groups is 1. The number of rotatable bonds is 3. The second kappa shape index (κ2) is 7.18. The van der Waals surface area contributed by atoms with E-state index in [1.807, 2.05) is 0 Å². The number of nitrogens with zero attached hydrogens (tertiary/aromatic N) is 3. The average Bonchev–Trinajstić information content (AvgIpc) is 2.66. The summed E-state index contributed by atoms with van der Waals surface area (Å²) in [5, 5.41) is 2.41. The highest BCUT2D eigenvalue weighted by Gasteiger charge is 2.69. The summed E-state index contributed by atoms with van der Waals surface area (Å²) in [6.45, 7) is 3.39. The molecule has 1 aromatic heterocycles. The van der Waals surface area contributed by atoms with Gasteiger partial charge >= 0.3 is 0 Å². The van der Waals surface area contributed by atoms with Crippen molar-refractivity contribution in [2.24, 2.45) is 16.1 Å². The molecule has 1 aliphatic carbocycles. The fraction of sp³-hybridized carbons (Fsp3) is 0.400. The lowest BCUT2D eigenvalue weighted by Gasteiger charge is -2.60. The maximum atomic E-state index is 15.0. The van der Waals surface area contributed by atoms with Crippen LogP contribution >= 0.6 is 11.8 Å². The lowest BCUT2D eigenvalue weighted by molar-refractivity contribution is -0.187. The first kappa shape index (κ1) is 21.5. The summed E-state index contributed by atoms with van der Waals surface area (Å²) in [5.41, 5.74) is 3.71. The van der Waals surface area contributed by atoms with Crippen LogP contribution in [0.1, 0.15) is 42.7 Å². The van der Waals surface area contributed by atoms with Gasteiger partial charge in [0.25, 0.3) is 5.91 Å². The van der Waals surface area contributed by atoms with Crippen LogP contribution in [0.15, 0.2) is 35.6 Å². The van der Waals surface area contributed by atoms with Crippen LogP contribution in [-0.4, -0.2) is 32.2 Å². The summed E-state index contributed by atoms with van der Waals surface area (Å²) in [6, 6.07) is 3.82. The minimum Gasteiger partial charge on any atom is -0.379 e. The highest BCUT2D eigenvalue weighted by atomic mass is 32.2. The van der Waals surface area contributed by atoms with Gasteiger partial charge in [-0.3, -0.25) is 9.79 Å². The second-order valence-corrected chi connectivity index (χ2v) is 9.38. The van der Waals surface area contributed by atoms with Crippen molar-refractivity contribution in [2.75, 3.05) is 5.32 Å². The molecule has 164 valence electrons. The summed E-state index contributed by atoms with van der Waals surface area (Å²) < 4.78 is 55.9. The highest BCUT2D eigenvalue weighted by Crippen LogP contribution is 2.67. The quantitative estimate of drug-likeness (QED) is 0.683. The third-order valence-corrected chi connectivity index (χ3v) is 7.27. The van der Waals surface area contributed by atoms with Crippen LogP contribution in [0.2, 0.25) is 0 Å². The molecule has 2 aliphatic rings. The molecule has 4 rings (SSSR count). The minimum atomic E-state index is -2.86. The van der Waals surface area contributed by atoms with E-state index >= 15 is 0 Å². The third kappa shape index (κ3) is 3.54. The van der Waals surface area contributed by atoms with E-state index in [0.717, 1.165) is 18.5 Å². The number of carbonyl (C=O) groups is 1. The van der Waals surface area contributed by atoms with Gasteiger partial charge < -0.3 is 11.1 Å². The third-order valence-electron chi connectivity index (χ3n) is 6.13. The zero-order valence-corrected chi connectivity index (χ0v) is 17.4. The van der Waals surface area contributed by atoms with Crippen LogP contribution in [0, 0.1) is 17.2 Å². The molecular formula is C20H19F4N5OS. The van der Waals surface area contributed by atoms with E-state index in [4.69, 9.17) is 5.73 Å². The lowest BCUT2D eigenvalue weighted by Crippen LogP contribution is -2.63. The highest BCUT2D eigenvalue weighted by molar-refractivity contribution is 8.14. The van der Waals surface area contributed by atoms with Gasteiger partial charge in [0.1, 0.15) is 11.5 Å². The van der Waals surface area contributed by atoms with Crippen molar-refractivity contribution in [3.63, 3.8) is 0 Å². The molecule has 0 radical (unpaired) electrons. The van der Waals surface area contributed by atoms with Crippen molar-refractivity contribution in [2.45, 2.75) is 43.4 Å². The van der Waals surface area contributed by atoms with Gasteiger partial charge in [-0.15, -0.1) is 0 Å². The number of hydrogen-bond acceptors (Lipinski definition) is 6. The molecular weight excluding hydrogens is 434 g/mol. The fourth-order valence-corrected chi connectivity index (χ4v) is 5.70. The van der Waals surface area contributed by atoms with Crippen molar-refractivity contribution >= 4 is 28.5 Å². The molecule has 0 saturated heterocycles. The van der Waals surface area contributed by atoms with E-state index in [9.17, 15) is 22.4 Å². The van der Waals surface area contributed by atoms with Crippen LogP contribution in [-0.2, 0) is 5.54 Å². The first-order valence-electron chi connectivity index (χ1n) is 9.45. The Hall–Kier alpha value is -2.69.